The van der Waals surface area contributed by atoms with E-state index in [4.69, 9.17) is 0 Å². The molecule has 0 aromatic heterocycles. The van der Waals surface area contributed by atoms with Crippen molar-refractivity contribution in [2.24, 2.45) is 10.4 Å². The molecule has 32 heavy (non-hydrogen) atoms. The Morgan fingerprint density at radius 1 is 1.06 bits per heavy atom. The average molecular weight is 557 g/mol. The lowest BCUT2D eigenvalue weighted by molar-refractivity contribution is -0.138. The number of halogens is 1. The monoisotopic (exact) mass is 556 g/mol. The maximum atomic E-state index is 12.7. The molecule has 0 bridgehead atoms. The van der Waals surface area contributed by atoms with Gasteiger partial charge in [0.1, 0.15) is 0 Å². The number of hydrogen-bond acceptors (Lipinski definition) is 4. The second kappa shape index (κ2) is 13.2. The molecule has 2 aliphatic rings. The van der Waals surface area contributed by atoms with E-state index in [0.717, 1.165) is 77.3 Å². The van der Waals surface area contributed by atoms with Gasteiger partial charge in [-0.25, -0.2) is 0 Å². The molecule has 8 heteroatoms. The molecule has 0 unspecified atom stereocenters. The summed E-state index contributed by atoms with van der Waals surface area (Å²) in [4.78, 5) is 23.8. The Hall–Kier alpha value is -1.55. The molecule has 2 N–H and O–H groups in total. The van der Waals surface area contributed by atoms with Gasteiger partial charge in [-0.3, -0.25) is 14.7 Å². The number of aliphatic imine (C=N–C) groups is 1. The summed E-state index contributed by atoms with van der Waals surface area (Å²) in [5, 5.41) is 6.85. The van der Waals surface area contributed by atoms with Crippen molar-refractivity contribution < 1.29 is 4.79 Å². The van der Waals surface area contributed by atoms with Crippen molar-refractivity contribution in [2.75, 3.05) is 71.9 Å². The number of piperazine rings is 1. The summed E-state index contributed by atoms with van der Waals surface area (Å²) >= 11 is 0. The van der Waals surface area contributed by atoms with Crippen LogP contribution in [0.15, 0.2) is 35.3 Å². The van der Waals surface area contributed by atoms with Crippen molar-refractivity contribution in [3.63, 3.8) is 0 Å². The summed E-state index contributed by atoms with van der Waals surface area (Å²) in [6.07, 6.45) is 5.26. The molecule has 1 aromatic rings. The van der Waals surface area contributed by atoms with Crippen LogP contribution in [0.25, 0.3) is 0 Å². The third-order valence-corrected chi connectivity index (χ3v) is 6.68. The highest BCUT2D eigenvalue weighted by molar-refractivity contribution is 14.0. The van der Waals surface area contributed by atoms with Crippen molar-refractivity contribution in [1.82, 2.24) is 20.4 Å². The van der Waals surface area contributed by atoms with Crippen molar-refractivity contribution in [2.45, 2.75) is 32.1 Å². The maximum Gasteiger partial charge on any atom is 0.230 e. The third-order valence-electron chi connectivity index (χ3n) is 6.68. The van der Waals surface area contributed by atoms with Crippen LogP contribution < -0.4 is 15.5 Å². The number of para-hydroxylation sites is 1. The molecule has 3 rings (SSSR count). The molecular formula is C24H41IN6O. The topological polar surface area (TPSA) is 63.2 Å². The van der Waals surface area contributed by atoms with Crippen molar-refractivity contribution in [3.05, 3.63) is 30.3 Å². The molecule has 1 aliphatic carbocycles. The van der Waals surface area contributed by atoms with Gasteiger partial charge in [-0.15, -0.1) is 24.0 Å². The van der Waals surface area contributed by atoms with Crippen molar-refractivity contribution >= 4 is 41.5 Å². The predicted octanol–water partition coefficient (Wildman–Crippen LogP) is 2.63. The number of nitrogens with zero attached hydrogens (tertiary/aromatic N) is 4. The van der Waals surface area contributed by atoms with Gasteiger partial charge < -0.3 is 20.4 Å². The molecule has 0 spiro atoms. The van der Waals surface area contributed by atoms with Gasteiger partial charge in [-0.2, -0.15) is 0 Å². The predicted molar refractivity (Wildman–Crippen MR) is 144 cm³/mol. The number of amides is 1. The standard InChI is InChI=1S/C24H40N6O.HI/c1-25-23(27-20-24(12-7-8-13-24)22(31)28(2)3)26-14-9-15-29-16-18-30(19-17-29)21-10-5-4-6-11-21;/h4-6,10-11H,7-9,12-20H2,1-3H3,(H2,25,26,27);1H. The first-order valence-corrected chi connectivity index (χ1v) is 11.7. The Labute approximate surface area is 211 Å². The second-order valence-corrected chi connectivity index (χ2v) is 9.06. The largest absolute Gasteiger partial charge is 0.369 e. The molecular weight excluding hydrogens is 515 g/mol. The van der Waals surface area contributed by atoms with Crippen LogP contribution in [0.5, 0.6) is 0 Å². The zero-order valence-corrected chi connectivity index (χ0v) is 22.3. The molecule has 0 radical (unpaired) electrons. The number of hydrogen-bond donors (Lipinski definition) is 2. The minimum Gasteiger partial charge on any atom is -0.369 e. The number of carbonyl (C=O) groups excluding carboxylic acids is 1. The summed E-state index contributed by atoms with van der Waals surface area (Å²) in [7, 11) is 5.51. The molecule has 1 heterocycles. The third kappa shape index (κ3) is 7.23. The van der Waals surface area contributed by atoms with E-state index in [-0.39, 0.29) is 35.3 Å². The first kappa shape index (κ1) is 26.7. The van der Waals surface area contributed by atoms with Crippen LogP contribution in [-0.2, 0) is 4.79 Å². The number of rotatable bonds is 8. The van der Waals surface area contributed by atoms with Gasteiger partial charge in [0.05, 0.1) is 5.41 Å². The molecule has 180 valence electrons. The number of nitrogens with one attached hydrogen (secondary N) is 2. The first-order valence-electron chi connectivity index (χ1n) is 11.7. The minimum atomic E-state index is -0.278. The van der Waals surface area contributed by atoms with E-state index in [2.05, 4.69) is 55.8 Å². The van der Waals surface area contributed by atoms with E-state index in [1.807, 2.05) is 14.1 Å². The summed E-state index contributed by atoms with van der Waals surface area (Å²) < 4.78 is 0. The van der Waals surface area contributed by atoms with Gasteiger partial charge in [-0.1, -0.05) is 31.0 Å². The Balaban J connectivity index is 0.00000363. The first-order chi connectivity index (χ1) is 15.0. The van der Waals surface area contributed by atoms with Crippen LogP contribution in [0.1, 0.15) is 32.1 Å². The number of carbonyl (C=O) groups is 1. The molecule has 1 saturated heterocycles. The fourth-order valence-electron chi connectivity index (χ4n) is 4.84. The molecule has 7 nitrogen and oxygen atoms in total. The molecule has 1 amide bonds. The summed E-state index contributed by atoms with van der Waals surface area (Å²) in [5.74, 6) is 1.04. The van der Waals surface area contributed by atoms with Crippen LogP contribution in [0.3, 0.4) is 0 Å². The zero-order chi connectivity index (χ0) is 22.1. The average Bonchev–Trinajstić information content (AvgIpc) is 3.29. The van der Waals surface area contributed by atoms with Gasteiger partial charge in [0.2, 0.25) is 5.91 Å². The van der Waals surface area contributed by atoms with Crippen molar-refractivity contribution in [1.29, 1.82) is 0 Å². The van der Waals surface area contributed by atoms with Gasteiger partial charge in [0.25, 0.3) is 0 Å². The molecule has 1 aliphatic heterocycles. The second-order valence-electron chi connectivity index (χ2n) is 9.06. The summed E-state index contributed by atoms with van der Waals surface area (Å²) in [6, 6.07) is 10.7. The van der Waals surface area contributed by atoms with Gasteiger partial charge in [0.15, 0.2) is 5.96 Å². The van der Waals surface area contributed by atoms with Crippen LogP contribution in [-0.4, -0.2) is 88.6 Å². The summed E-state index contributed by atoms with van der Waals surface area (Å²) in [6.45, 7) is 7.02. The van der Waals surface area contributed by atoms with Crippen LogP contribution in [0.4, 0.5) is 5.69 Å². The van der Waals surface area contributed by atoms with Gasteiger partial charge in [-0.05, 0) is 37.9 Å². The van der Waals surface area contributed by atoms with Crippen LogP contribution in [0, 0.1) is 5.41 Å². The fraction of sp³-hybridized carbons (Fsp3) is 0.667. The minimum absolute atomic E-state index is 0. The van der Waals surface area contributed by atoms with Crippen molar-refractivity contribution in [3.8, 4) is 0 Å². The Bertz CT molecular complexity index is 712. The number of benzene rings is 1. The van der Waals surface area contributed by atoms with E-state index in [1.54, 1.807) is 11.9 Å². The highest BCUT2D eigenvalue weighted by Crippen LogP contribution is 2.38. The highest BCUT2D eigenvalue weighted by Gasteiger charge is 2.42. The fourth-order valence-corrected chi connectivity index (χ4v) is 4.84. The lowest BCUT2D eigenvalue weighted by atomic mass is 9.84. The van der Waals surface area contributed by atoms with Gasteiger partial charge in [0, 0.05) is 66.1 Å². The Morgan fingerprint density at radius 3 is 2.31 bits per heavy atom. The Kier molecular flexibility index (Phi) is 11.0. The van der Waals surface area contributed by atoms with E-state index in [1.165, 1.54) is 5.69 Å². The molecule has 0 atom stereocenters. The Morgan fingerprint density at radius 2 is 1.72 bits per heavy atom. The maximum absolute atomic E-state index is 12.7. The quantitative estimate of drug-likeness (QED) is 0.223. The number of anilines is 1. The van der Waals surface area contributed by atoms with E-state index >= 15 is 0 Å². The highest BCUT2D eigenvalue weighted by atomic mass is 127. The molecule has 1 aromatic carbocycles. The van der Waals surface area contributed by atoms with E-state index in [9.17, 15) is 4.79 Å². The smallest absolute Gasteiger partial charge is 0.230 e. The zero-order valence-electron chi connectivity index (χ0n) is 20.0. The molecule has 2 fully saturated rings. The van der Waals surface area contributed by atoms with E-state index in [0.29, 0.717) is 6.54 Å². The molecule has 1 saturated carbocycles. The van der Waals surface area contributed by atoms with Crippen LogP contribution >= 0.6 is 24.0 Å². The lowest BCUT2D eigenvalue weighted by Crippen LogP contribution is -2.49. The lowest BCUT2D eigenvalue weighted by Gasteiger charge is -2.36. The normalized spacial score (nSPS) is 18.7. The van der Waals surface area contributed by atoms with E-state index < -0.39 is 0 Å². The SMILES string of the molecule is CN=C(NCCCN1CCN(c2ccccc2)CC1)NCC1(C(=O)N(C)C)CCCC1.I. The number of guanidine groups is 1. The van der Waals surface area contributed by atoms with Gasteiger partial charge >= 0.3 is 0 Å². The van der Waals surface area contributed by atoms with Crippen LogP contribution in [0.2, 0.25) is 0 Å². The summed E-state index contributed by atoms with van der Waals surface area (Å²) in [5.41, 5.74) is 1.05.